The van der Waals surface area contributed by atoms with Crippen LogP contribution in [-0.4, -0.2) is 19.1 Å². The number of hydrogen-bond donors (Lipinski definition) is 0. The second-order valence-corrected chi connectivity index (χ2v) is 14.3. The van der Waals surface area contributed by atoms with Gasteiger partial charge in [-0.15, -0.1) is 0 Å². The van der Waals surface area contributed by atoms with Crippen molar-refractivity contribution in [3.8, 4) is 67.3 Å². The topological polar surface area (TPSA) is 52.7 Å². The standard InChI is InChI=1S/C51H36N4O/c1-54-46-29-28-37(31-47(46)55(2)51(54)56)33-24-26-34(27-25-33)44-32-45(53-50(52-44)36-16-7-4-8-17-36)38-18-13-19-39(30-38)49-42-22-11-9-20-40(42)48(35-14-5-3-6-15-35)41-21-10-12-23-43(41)49/h3-32H,1-2H3. The molecule has 0 unspecified atom stereocenters. The van der Waals surface area contributed by atoms with Crippen LogP contribution >= 0.6 is 0 Å². The van der Waals surface area contributed by atoms with Crippen molar-refractivity contribution in [2.45, 2.75) is 0 Å². The molecule has 0 spiro atoms. The van der Waals surface area contributed by atoms with Gasteiger partial charge >= 0.3 is 5.69 Å². The van der Waals surface area contributed by atoms with Crippen molar-refractivity contribution in [2.75, 3.05) is 0 Å². The average molecular weight is 721 g/mol. The predicted octanol–water partition coefficient (Wildman–Crippen LogP) is 12.0. The molecule has 266 valence electrons. The van der Waals surface area contributed by atoms with Crippen LogP contribution in [-0.2, 0) is 14.1 Å². The second kappa shape index (κ2) is 13.5. The van der Waals surface area contributed by atoms with Crippen LogP contribution in [0.2, 0.25) is 0 Å². The van der Waals surface area contributed by atoms with Crippen molar-refractivity contribution in [3.63, 3.8) is 0 Å². The first-order valence-electron chi connectivity index (χ1n) is 18.8. The van der Waals surface area contributed by atoms with E-state index in [1.807, 2.05) is 38.4 Å². The third-order valence-corrected chi connectivity index (χ3v) is 11.0. The summed E-state index contributed by atoms with van der Waals surface area (Å²) in [7, 11) is 3.62. The van der Waals surface area contributed by atoms with Gasteiger partial charge in [0.15, 0.2) is 5.82 Å². The van der Waals surface area contributed by atoms with Crippen molar-refractivity contribution in [1.29, 1.82) is 0 Å². The summed E-state index contributed by atoms with van der Waals surface area (Å²) in [5.74, 6) is 0.672. The van der Waals surface area contributed by atoms with E-state index in [0.29, 0.717) is 5.82 Å². The third kappa shape index (κ3) is 5.60. The molecule has 0 saturated carbocycles. The van der Waals surface area contributed by atoms with E-state index < -0.39 is 0 Å². The zero-order chi connectivity index (χ0) is 37.8. The molecule has 0 aliphatic heterocycles. The van der Waals surface area contributed by atoms with Crippen molar-refractivity contribution in [1.82, 2.24) is 19.1 Å². The Hall–Kier alpha value is -7.37. The summed E-state index contributed by atoms with van der Waals surface area (Å²) in [5.41, 5.74) is 13.4. The monoisotopic (exact) mass is 720 g/mol. The summed E-state index contributed by atoms with van der Waals surface area (Å²) >= 11 is 0. The van der Waals surface area contributed by atoms with E-state index in [1.165, 1.54) is 38.2 Å². The van der Waals surface area contributed by atoms with E-state index in [0.717, 1.165) is 55.8 Å². The molecule has 5 nitrogen and oxygen atoms in total. The summed E-state index contributed by atoms with van der Waals surface area (Å²) in [6.07, 6.45) is 0. The number of hydrogen-bond acceptors (Lipinski definition) is 3. The lowest BCUT2D eigenvalue weighted by atomic mass is 9.85. The van der Waals surface area contributed by atoms with Crippen molar-refractivity contribution >= 4 is 32.6 Å². The summed E-state index contributed by atoms with van der Waals surface area (Å²) in [5, 5.41) is 4.88. The molecule has 0 N–H and O–H groups in total. The lowest BCUT2D eigenvalue weighted by Gasteiger charge is -2.18. The van der Waals surface area contributed by atoms with Crippen molar-refractivity contribution < 1.29 is 0 Å². The van der Waals surface area contributed by atoms with Gasteiger partial charge in [0.05, 0.1) is 22.4 Å². The Bertz CT molecular complexity index is 3100. The molecule has 0 bridgehead atoms. The lowest BCUT2D eigenvalue weighted by molar-refractivity contribution is 0.795. The summed E-state index contributed by atoms with van der Waals surface area (Å²) in [6.45, 7) is 0. The van der Waals surface area contributed by atoms with Gasteiger partial charge in [-0.25, -0.2) is 14.8 Å². The van der Waals surface area contributed by atoms with Gasteiger partial charge in [0.1, 0.15) is 0 Å². The molecule has 0 aliphatic rings. The highest BCUT2D eigenvalue weighted by atomic mass is 16.1. The number of benzene rings is 8. The number of aromatic nitrogens is 4. The molecule has 0 aliphatic carbocycles. The molecule has 5 heteroatoms. The highest BCUT2D eigenvalue weighted by molar-refractivity contribution is 6.21. The molecule has 10 aromatic rings. The quantitative estimate of drug-likeness (QED) is 0.161. The minimum absolute atomic E-state index is 0.0329. The average Bonchev–Trinajstić information content (AvgIpc) is 3.48. The molecule has 0 saturated heterocycles. The van der Waals surface area contributed by atoms with Gasteiger partial charge in [0.2, 0.25) is 0 Å². The summed E-state index contributed by atoms with van der Waals surface area (Å²) < 4.78 is 3.38. The van der Waals surface area contributed by atoms with Crippen molar-refractivity contribution in [3.05, 3.63) is 192 Å². The van der Waals surface area contributed by atoms with Crippen LogP contribution in [0.1, 0.15) is 0 Å². The van der Waals surface area contributed by atoms with Gasteiger partial charge in [-0.2, -0.15) is 0 Å². The van der Waals surface area contributed by atoms with E-state index in [9.17, 15) is 4.79 Å². The minimum atomic E-state index is -0.0329. The highest BCUT2D eigenvalue weighted by Crippen LogP contribution is 2.44. The molecule has 0 fully saturated rings. The van der Waals surface area contributed by atoms with Crippen LogP contribution < -0.4 is 5.69 Å². The summed E-state index contributed by atoms with van der Waals surface area (Å²) in [6, 6.07) is 63.9. The van der Waals surface area contributed by atoms with Gasteiger partial charge < -0.3 is 0 Å². The zero-order valence-electron chi connectivity index (χ0n) is 31.0. The van der Waals surface area contributed by atoms with Gasteiger partial charge in [0.25, 0.3) is 0 Å². The molecule has 0 radical (unpaired) electrons. The van der Waals surface area contributed by atoms with Crippen molar-refractivity contribution in [2.24, 2.45) is 14.1 Å². The Morgan fingerprint density at radius 2 is 0.821 bits per heavy atom. The fourth-order valence-electron chi connectivity index (χ4n) is 8.17. The first-order valence-corrected chi connectivity index (χ1v) is 18.8. The van der Waals surface area contributed by atoms with E-state index in [4.69, 9.17) is 9.97 Å². The zero-order valence-corrected chi connectivity index (χ0v) is 31.0. The molecule has 56 heavy (non-hydrogen) atoms. The maximum atomic E-state index is 12.6. The van der Waals surface area contributed by atoms with E-state index >= 15 is 0 Å². The van der Waals surface area contributed by atoms with Crippen LogP contribution in [0.15, 0.2) is 187 Å². The van der Waals surface area contributed by atoms with Crippen LogP contribution in [0.5, 0.6) is 0 Å². The Labute approximate surface area is 324 Å². The lowest BCUT2D eigenvalue weighted by Crippen LogP contribution is -2.19. The highest BCUT2D eigenvalue weighted by Gasteiger charge is 2.18. The maximum absolute atomic E-state index is 12.6. The Kier molecular flexibility index (Phi) is 8.00. The largest absolute Gasteiger partial charge is 0.328 e. The number of aryl methyl sites for hydroxylation is 2. The van der Waals surface area contributed by atoms with E-state index in [2.05, 4.69) is 158 Å². The van der Waals surface area contributed by atoms with E-state index in [1.54, 1.807) is 9.13 Å². The van der Waals surface area contributed by atoms with Gasteiger partial charge in [-0.1, -0.05) is 158 Å². The van der Waals surface area contributed by atoms with Crippen LogP contribution in [0.25, 0.3) is 99.9 Å². The number of nitrogens with zero attached hydrogens (tertiary/aromatic N) is 4. The molecular weight excluding hydrogens is 685 g/mol. The fourth-order valence-corrected chi connectivity index (χ4v) is 8.17. The number of fused-ring (bicyclic) bond motifs is 3. The third-order valence-electron chi connectivity index (χ3n) is 11.0. The Morgan fingerprint density at radius 1 is 0.357 bits per heavy atom. The molecule has 2 heterocycles. The van der Waals surface area contributed by atoms with Crippen LogP contribution in [0, 0.1) is 0 Å². The minimum Gasteiger partial charge on any atom is -0.295 e. The molecule has 2 aromatic heterocycles. The number of rotatable bonds is 6. The molecule has 8 aromatic carbocycles. The molecule has 0 atom stereocenters. The normalized spacial score (nSPS) is 11.5. The first kappa shape index (κ1) is 33.2. The first-order chi connectivity index (χ1) is 27.5. The van der Waals surface area contributed by atoms with Crippen LogP contribution in [0.4, 0.5) is 0 Å². The fraction of sp³-hybridized carbons (Fsp3) is 0.0392. The second-order valence-electron chi connectivity index (χ2n) is 14.3. The molecular formula is C51H36N4O. The SMILES string of the molecule is Cn1c(=O)n(C)c2cc(-c3ccc(-c4cc(-c5cccc(-c6c7ccccc7c(-c7ccccc7)c7ccccc67)c5)nc(-c5ccccc5)n4)cc3)ccc21. The molecule has 10 rings (SSSR count). The molecule has 0 amide bonds. The smallest absolute Gasteiger partial charge is 0.295 e. The van der Waals surface area contributed by atoms with Gasteiger partial charge in [-0.05, 0) is 79.2 Å². The van der Waals surface area contributed by atoms with Gasteiger partial charge in [-0.3, -0.25) is 9.13 Å². The predicted molar refractivity (Wildman–Crippen MR) is 231 cm³/mol. The summed E-state index contributed by atoms with van der Waals surface area (Å²) in [4.78, 5) is 22.9. The Balaban J connectivity index is 1.11. The number of imidazole rings is 1. The van der Waals surface area contributed by atoms with Crippen LogP contribution in [0.3, 0.4) is 0 Å². The van der Waals surface area contributed by atoms with Gasteiger partial charge in [0, 0.05) is 30.8 Å². The maximum Gasteiger partial charge on any atom is 0.328 e. The van der Waals surface area contributed by atoms with E-state index in [-0.39, 0.29) is 5.69 Å². The Morgan fingerprint density at radius 3 is 1.45 bits per heavy atom.